The molecule has 4 nitrogen and oxygen atoms in total. The van der Waals surface area contributed by atoms with Crippen molar-refractivity contribution in [3.8, 4) is 0 Å². The number of amides is 1. The first-order chi connectivity index (χ1) is 9.65. The molecule has 1 aliphatic heterocycles. The molecule has 1 amide bonds. The second-order valence-corrected chi connectivity index (χ2v) is 5.56. The number of benzene rings is 1. The summed E-state index contributed by atoms with van der Waals surface area (Å²) >= 11 is 0. The van der Waals surface area contributed by atoms with Crippen LogP contribution in [0.1, 0.15) is 25.3 Å². The van der Waals surface area contributed by atoms with Crippen LogP contribution in [-0.2, 0) is 9.53 Å². The molecule has 1 aromatic carbocycles. The van der Waals surface area contributed by atoms with E-state index in [0.29, 0.717) is 18.5 Å². The van der Waals surface area contributed by atoms with Crippen molar-refractivity contribution in [2.24, 2.45) is 5.92 Å². The van der Waals surface area contributed by atoms with Gasteiger partial charge in [0.2, 0.25) is 5.91 Å². The molecular weight excluding hydrogens is 252 g/mol. The Morgan fingerprint density at radius 1 is 1.40 bits per heavy atom. The predicted octanol–water partition coefficient (Wildman–Crippen LogP) is 2.34. The van der Waals surface area contributed by atoms with Gasteiger partial charge in [-0.2, -0.15) is 0 Å². The molecular formula is C16H24N2O2. The minimum atomic E-state index is -0.00238. The van der Waals surface area contributed by atoms with E-state index in [4.69, 9.17) is 4.74 Å². The average molecular weight is 276 g/mol. The molecule has 4 heteroatoms. The number of anilines is 1. The van der Waals surface area contributed by atoms with Gasteiger partial charge in [0.05, 0.1) is 13.2 Å². The van der Waals surface area contributed by atoms with Gasteiger partial charge in [0, 0.05) is 18.3 Å². The topological polar surface area (TPSA) is 50.4 Å². The highest BCUT2D eigenvalue weighted by Crippen LogP contribution is 2.17. The monoisotopic (exact) mass is 276 g/mol. The Morgan fingerprint density at radius 3 is 2.80 bits per heavy atom. The molecule has 0 saturated carbocycles. The van der Waals surface area contributed by atoms with Gasteiger partial charge in [-0.05, 0) is 44.7 Å². The lowest BCUT2D eigenvalue weighted by atomic mass is 9.95. The summed E-state index contributed by atoms with van der Waals surface area (Å²) < 4.78 is 5.48. The van der Waals surface area contributed by atoms with Crippen LogP contribution < -0.4 is 10.6 Å². The Bertz CT molecular complexity index is 425. The molecule has 0 aromatic heterocycles. The number of hydrogen-bond acceptors (Lipinski definition) is 3. The fourth-order valence-electron chi connectivity index (χ4n) is 2.42. The van der Waals surface area contributed by atoms with Gasteiger partial charge in [0.25, 0.3) is 0 Å². The third-order valence-electron chi connectivity index (χ3n) is 3.82. The molecule has 2 rings (SSSR count). The molecule has 0 aliphatic carbocycles. The second kappa shape index (κ2) is 7.41. The number of nitrogens with one attached hydrogen (secondary N) is 2. The Labute approximate surface area is 120 Å². The zero-order valence-corrected chi connectivity index (χ0v) is 12.3. The lowest BCUT2D eigenvalue weighted by Gasteiger charge is -2.28. The maximum absolute atomic E-state index is 11.9. The predicted molar refractivity (Wildman–Crippen MR) is 80.8 cm³/mol. The van der Waals surface area contributed by atoms with E-state index in [-0.39, 0.29) is 5.91 Å². The Hall–Kier alpha value is -1.39. The molecule has 1 heterocycles. The average Bonchev–Trinajstić information content (AvgIpc) is 2.48. The van der Waals surface area contributed by atoms with Crippen molar-refractivity contribution < 1.29 is 9.53 Å². The minimum Gasteiger partial charge on any atom is -0.381 e. The first-order valence-corrected chi connectivity index (χ1v) is 7.33. The Kier molecular flexibility index (Phi) is 5.56. The van der Waals surface area contributed by atoms with Gasteiger partial charge >= 0.3 is 0 Å². The molecule has 1 aliphatic rings. The first kappa shape index (κ1) is 15.0. The molecule has 1 saturated heterocycles. The van der Waals surface area contributed by atoms with Crippen LogP contribution in [0.4, 0.5) is 5.69 Å². The maximum Gasteiger partial charge on any atom is 0.238 e. The van der Waals surface area contributed by atoms with Gasteiger partial charge in [0.1, 0.15) is 0 Å². The highest BCUT2D eigenvalue weighted by molar-refractivity contribution is 5.92. The summed E-state index contributed by atoms with van der Waals surface area (Å²) in [6, 6.07) is 8.13. The molecule has 110 valence electrons. The summed E-state index contributed by atoms with van der Waals surface area (Å²) in [6.45, 7) is 6.16. The van der Waals surface area contributed by atoms with Crippen LogP contribution in [0.15, 0.2) is 24.3 Å². The van der Waals surface area contributed by atoms with Crippen LogP contribution in [0.2, 0.25) is 0 Å². The second-order valence-electron chi connectivity index (χ2n) is 5.56. The van der Waals surface area contributed by atoms with E-state index in [1.807, 2.05) is 31.2 Å². The van der Waals surface area contributed by atoms with E-state index < -0.39 is 0 Å². The molecule has 20 heavy (non-hydrogen) atoms. The molecule has 0 bridgehead atoms. The summed E-state index contributed by atoms with van der Waals surface area (Å²) in [4.78, 5) is 11.9. The van der Waals surface area contributed by atoms with Crippen LogP contribution in [0, 0.1) is 12.8 Å². The summed E-state index contributed by atoms with van der Waals surface area (Å²) in [5, 5.41) is 6.19. The van der Waals surface area contributed by atoms with Gasteiger partial charge < -0.3 is 15.4 Å². The SMILES string of the molecule is Cc1ccc(NC(=O)CN[C@H](C)[C@H]2CCCOC2)cc1. The number of aryl methyl sites for hydroxylation is 1. The first-order valence-electron chi connectivity index (χ1n) is 7.33. The van der Waals surface area contributed by atoms with E-state index in [2.05, 4.69) is 17.6 Å². The van der Waals surface area contributed by atoms with Crippen molar-refractivity contribution >= 4 is 11.6 Å². The quantitative estimate of drug-likeness (QED) is 0.868. The van der Waals surface area contributed by atoms with Crippen LogP contribution >= 0.6 is 0 Å². The van der Waals surface area contributed by atoms with Gasteiger partial charge in [-0.25, -0.2) is 0 Å². The third-order valence-corrected chi connectivity index (χ3v) is 3.82. The summed E-state index contributed by atoms with van der Waals surface area (Å²) in [7, 11) is 0. The van der Waals surface area contributed by atoms with Crippen LogP contribution in [0.3, 0.4) is 0 Å². The Morgan fingerprint density at radius 2 is 2.15 bits per heavy atom. The largest absolute Gasteiger partial charge is 0.381 e. The van der Waals surface area contributed by atoms with Crippen molar-refractivity contribution in [2.45, 2.75) is 32.7 Å². The van der Waals surface area contributed by atoms with Crippen LogP contribution in [-0.4, -0.2) is 31.7 Å². The van der Waals surface area contributed by atoms with Crippen LogP contribution in [0.25, 0.3) is 0 Å². The van der Waals surface area contributed by atoms with Gasteiger partial charge in [-0.1, -0.05) is 17.7 Å². The lowest BCUT2D eigenvalue weighted by molar-refractivity contribution is -0.115. The van der Waals surface area contributed by atoms with Crippen molar-refractivity contribution in [1.29, 1.82) is 0 Å². The van der Waals surface area contributed by atoms with Crippen molar-refractivity contribution in [2.75, 3.05) is 25.1 Å². The third kappa shape index (κ3) is 4.62. The molecule has 2 atom stereocenters. The summed E-state index contributed by atoms with van der Waals surface area (Å²) in [5.74, 6) is 0.508. The van der Waals surface area contributed by atoms with Crippen molar-refractivity contribution in [1.82, 2.24) is 5.32 Å². The molecule has 0 spiro atoms. The number of hydrogen-bond donors (Lipinski definition) is 2. The standard InChI is InChI=1S/C16H24N2O2/c1-12-5-7-15(8-6-12)18-16(19)10-17-13(2)14-4-3-9-20-11-14/h5-8,13-14,17H,3-4,9-11H2,1-2H3,(H,18,19)/t13-,14+/m1/s1. The molecule has 1 aromatic rings. The maximum atomic E-state index is 11.9. The van der Waals surface area contributed by atoms with Gasteiger partial charge in [0.15, 0.2) is 0 Å². The van der Waals surface area contributed by atoms with E-state index in [1.165, 1.54) is 12.0 Å². The smallest absolute Gasteiger partial charge is 0.238 e. The fourth-order valence-corrected chi connectivity index (χ4v) is 2.42. The number of rotatable bonds is 5. The van der Waals surface area contributed by atoms with E-state index in [0.717, 1.165) is 25.3 Å². The number of carbonyl (C=O) groups excluding carboxylic acids is 1. The highest BCUT2D eigenvalue weighted by atomic mass is 16.5. The van der Waals surface area contributed by atoms with E-state index in [1.54, 1.807) is 0 Å². The Balaban J connectivity index is 1.72. The highest BCUT2D eigenvalue weighted by Gasteiger charge is 2.20. The van der Waals surface area contributed by atoms with Gasteiger partial charge in [-0.15, -0.1) is 0 Å². The van der Waals surface area contributed by atoms with E-state index >= 15 is 0 Å². The number of ether oxygens (including phenoxy) is 1. The van der Waals surface area contributed by atoms with Gasteiger partial charge in [-0.3, -0.25) is 4.79 Å². The summed E-state index contributed by atoms with van der Waals surface area (Å²) in [5.41, 5.74) is 2.03. The van der Waals surface area contributed by atoms with Crippen molar-refractivity contribution in [3.05, 3.63) is 29.8 Å². The zero-order valence-electron chi connectivity index (χ0n) is 12.3. The van der Waals surface area contributed by atoms with E-state index in [9.17, 15) is 4.79 Å². The lowest BCUT2D eigenvalue weighted by Crippen LogP contribution is -2.41. The molecule has 0 unspecified atom stereocenters. The summed E-state index contributed by atoms with van der Waals surface area (Å²) in [6.07, 6.45) is 2.29. The fraction of sp³-hybridized carbons (Fsp3) is 0.562. The molecule has 1 fully saturated rings. The molecule has 2 N–H and O–H groups in total. The van der Waals surface area contributed by atoms with Crippen LogP contribution in [0.5, 0.6) is 0 Å². The zero-order chi connectivity index (χ0) is 14.4. The number of carbonyl (C=O) groups is 1. The van der Waals surface area contributed by atoms with Crippen molar-refractivity contribution in [3.63, 3.8) is 0 Å². The minimum absolute atomic E-state index is 0.00238. The normalized spacial score (nSPS) is 20.4. The molecule has 0 radical (unpaired) electrons.